The lowest BCUT2D eigenvalue weighted by molar-refractivity contribution is -0.197. The second-order valence-electron chi connectivity index (χ2n) is 16.0. The van der Waals surface area contributed by atoms with E-state index in [9.17, 15) is 19.2 Å². The molecule has 4 saturated carbocycles. The van der Waals surface area contributed by atoms with Crippen molar-refractivity contribution < 1.29 is 33.4 Å². The zero-order valence-corrected chi connectivity index (χ0v) is 29.9. The van der Waals surface area contributed by atoms with Crippen molar-refractivity contribution in [3.63, 3.8) is 0 Å². The van der Waals surface area contributed by atoms with E-state index in [1.807, 2.05) is 0 Å². The van der Waals surface area contributed by atoms with Gasteiger partial charge in [-0.2, -0.15) is 0 Å². The first-order valence-electron chi connectivity index (χ1n) is 18.9. The molecule has 0 amide bonds. The van der Waals surface area contributed by atoms with Gasteiger partial charge in [0, 0.05) is 37.5 Å². The highest BCUT2D eigenvalue weighted by atomic mass is 16.5. The highest BCUT2D eigenvalue weighted by Crippen LogP contribution is 2.67. The van der Waals surface area contributed by atoms with Gasteiger partial charge in [-0.25, -0.2) is 0 Å². The van der Waals surface area contributed by atoms with Crippen molar-refractivity contribution in [2.45, 2.75) is 169 Å². The summed E-state index contributed by atoms with van der Waals surface area (Å²) in [5, 5.41) is 0. The maximum Gasteiger partial charge on any atom is 0.306 e. The smallest absolute Gasteiger partial charge is 0.306 e. The molecule has 0 radical (unpaired) electrons. The molecule has 7 heteroatoms. The summed E-state index contributed by atoms with van der Waals surface area (Å²) in [6.07, 6.45) is 18.0. The molecule has 0 aliphatic heterocycles. The van der Waals surface area contributed by atoms with E-state index in [0.717, 1.165) is 51.4 Å². The van der Waals surface area contributed by atoms with Crippen LogP contribution in [0.2, 0.25) is 0 Å². The average Bonchev–Trinajstić information content (AvgIpc) is 3.38. The van der Waals surface area contributed by atoms with E-state index in [1.54, 1.807) is 0 Å². The normalized spacial score (nSPS) is 35.8. The Morgan fingerprint density at radius 3 is 2.17 bits per heavy atom. The molecule has 4 rings (SSSR count). The van der Waals surface area contributed by atoms with Gasteiger partial charge in [-0.15, -0.1) is 0 Å². The molecular formula is C39H64O7. The summed E-state index contributed by atoms with van der Waals surface area (Å²) in [5.74, 6) is 0.964. The summed E-state index contributed by atoms with van der Waals surface area (Å²) in [4.78, 5) is 51.4. The number of carbonyl (C=O) groups excluding carboxylic acids is 4. The van der Waals surface area contributed by atoms with Gasteiger partial charge in [-0.3, -0.25) is 19.2 Å². The third-order valence-electron chi connectivity index (χ3n) is 13.4. The Hall–Kier alpha value is -1.92. The van der Waals surface area contributed by atoms with Crippen molar-refractivity contribution in [1.29, 1.82) is 0 Å². The number of rotatable bonds is 16. The Bertz CT molecular complexity index is 1050. The number of carbonyl (C=O) groups is 4. The summed E-state index contributed by atoms with van der Waals surface area (Å²) >= 11 is 0. The Balaban J connectivity index is 1.37. The number of methoxy groups -OCH3 is 1. The summed E-state index contributed by atoms with van der Waals surface area (Å²) in [6, 6.07) is 0. The minimum absolute atomic E-state index is 0.0487. The van der Waals surface area contributed by atoms with E-state index >= 15 is 0 Å². The molecule has 0 N–H and O–H groups in total. The van der Waals surface area contributed by atoms with Crippen LogP contribution in [-0.2, 0) is 33.4 Å². The van der Waals surface area contributed by atoms with E-state index in [4.69, 9.17) is 14.2 Å². The standard InChI is InChI=1S/C39H64O7/c1-7-8-9-10-11-12-13-14-15-16-36(43)46-29-21-22-38(4)28(23-29)24-33(45-27(3)40)37-31-19-18-30(26(2)17-20-35(42)44-6)39(31,5)34(41)25-32(37)38/h26,28-33,37H,7-25H2,1-6H3/t26-,28+,29-,30-,31+,32+,33-,37+,38+,39-/m1/s1. The molecule has 0 heterocycles. The number of ketones is 1. The van der Waals surface area contributed by atoms with Crippen LogP contribution in [0.25, 0.3) is 0 Å². The van der Waals surface area contributed by atoms with Crippen LogP contribution in [-0.4, -0.2) is 43.0 Å². The topological polar surface area (TPSA) is 96.0 Å². The fourth-order valence-corrected chi connectivity index (χ4v) is 10.7. The second-order valence-corrected chi connectivity index (χ2v) is 16.0. The Labute approximate surface area is 279 Å². The Morgan fingerprint density at radius 1 is 0.848 bits per heavy atom. The van der Waals surface area contributed by atoms with Crippen LogP contribution in [0.5, 0.6) is 0 Å². The number of Topliss-reactive ketones (excluding diaryl/α,β-unsaturated/α-hetero) is 1. The van der Waals surface area contributed by atoms with Gasteiger partial charge in [0.2, 0.25) is 0 Å². The van der Waals surface area contributed by atoms with Gasteiger partial charge >= 0.3 is 17.9 Å². The van der Waals surface area contributed by atoms with Crippen molar-refractivity contribution >= 4 is 23.7 Å². The first-order chi connectivity index (χ1) is 21.9. The molecule has 10 atom stereocenters. The minimum Gasteiger partial charge on any atom is -0.469 e. The lowest BCUT2D eigenvalue weighted by atomic mass is 9.43. The van der Waals surface area contributed by atoms with E-state index < -0.39 is 5.41 Å². The van der Waals surface area contributed by atoms with Crippen LogP contribution in [0.1, 0.15) is 157 Å². The van der Waals surface area contributed by atoms with Crippen LogP contribution in [0.4, 0.5) is 0 Å². The molecule has 0 saturated heterocycles. The Morgan fingerprint density at radius 2 is 1.52 bits per heavy atom. The largest absolute Gasteiger partial charge is 0.469 e. The minimum atomic E-state index is -0.472. The summed E-state index contributed by atoms with van der Waals surface area (Å²) in [6.45, 7) is 10.5. The van der Waals surface area contributed by atoms with Crippen molar-refractivity contribution in [3.05, 3.63) is 0 Å². The summed E-state index contributed by atoms with van der Waals surface area (Å²) in [5.41, 5.74) is -0.521. The molecule has 0 spiro atoms. The zero-order valence-electron chi connectivity index (χ0n) is 29.9. The van der Waals surface area contributed by atoms with Crippen LogP contribution >= 0.6 is 0 Å². The molecule has 4 aliphatic rings. The predicted octanol–water partition coefficient (Wildman–Crippen LogP) is 8.79. The first-order valence-corrected chi connectivity index (χ1v) is 18.9. The van der Waals surface area contributed by atoms with Crippen LogP contribution < -0.4 is 0 Å². The molecule has 0 aromatic carbocycles. The number of esters is 3. The molecule has 46 heavy (non-hydrogen) atoms. The van der Waals surface area contributed by atoms with Gasteiger partial charge < -0.3 is 14.2 Å². The van der Waals surface area contributed by atoms with Gasteiger partial charge in [0.25, 0.3) is 0 Å². The molecule has 7 nitrogen and oxygen atoms in total. The van der Waals surface area contributed by atoms with E-state index in [0.29, 0.717) is 31.5 Å². The van der Waals surface area contributed by atoms with Crippen LogP contribution in [0.3, 0.4) is 0 Å². The molecule has 0 unspecified atom stereocenters. The highest BCUT2D eigenvalue weighted by Gasteiger charge is 2.66. The quantitative estimate of drug-likeness (QED) is 0.0941. The fourth-order valence-electron chi connectivity index (χ4n) is 10.7. The van der Waals surface area contributed by atoms with Gasteiger partial charge in [0.05, 0.1) is 7.11 Å². The first kappa shape index (κ1) is 36.9. The molecule has 0 aromatic heterocycles. The van der Waals surface area contributed by atoms with Gasteiger partial charge in [0.15, 0.2) is 0 Å². The molecule has 4 aliphatic carbocycles. The number of fused-ring (bicyclic) bond motifs is 5. The molecule has 0 bridgehead atoms. The average molecular weight is 645 g/mol. The number of unbranched alkanes of at least 4 members (excludes halogenated alkanes) is 8. The molecule has 4 fully saturated rings. The third-order valence-corrected chi connectivity index (χ3v) is 13.4. The van der Waals surface area contributed by atoms with Gasteiger partial charge in [-0.1, -0.05) is 79.1 Å². The summed E-state index contributed by atoms with van der Waals surface area (Å²) in [7, 11) is 1.42. The third kappa shape index (κ3) is 8.20. The number of ether oxygens (including phenoxy) is 3. The van der Waals surface area contributed by atoms with Crippen molar-refractivity contribution in [2.75, 3.05) is 7.11 Å². The van der Waals surface area contributed by atoms with E-state index in [-0.39, 0.29) is 71.0 Å². The zero-order chi connectivity index (χ0) is 33.5. The number of hydrogen-bond acceptors (Lipinski definition) is 7. The molecule has 0 aromatic rings. The van der Waals surface area contributed by atoms with Crippen molar-refractivity contribution in [3.8, 4) is 0 Å². The predicted molar refractivity (Wildman–Crippen MR) is 179 cm³/mol. The highest BCUT2D eigenvalue weighted by molar-refractivity contribution is 5.87. The van der Waals surface area contributed by atoms with E-state index in [2.05, 4.69) is 27.7 Å². The van der Waals surface area contributed by atoms with Crippen molar-refractivity contribution in [2.24, 2.45) is 46.3 Å². The van der Waals surface area contributed by atoms with Crippen LogP contribution in [0.15, 0.2) is 0 Å². The summed E-state index contributed by atoms with van der Waals surface area (Å²) < 4.78 is 17.1. The van der Waals surface area contributed by atoms with E-state index in [1.165, 1.54) is 59.0 Å². The fraction of sp³-hybridized carbons (Fsp3) is 0.897. The number of hydrogen-bond donors (Lipinski definition) is 0. The molecular weight excluding hydrogens is 580 g/mol. The monoisotopic (exact) mass is 644 g/mol. The van der Waals surface area contributed by atoms with Gasteiger partial charge in [-0.05, 0) is 86.4 Å². The van der Waals surface area contributed by atoms with Crippen molar-refractivity contribution in [1.82, 2.24) is 0 Å². The lowest BCUT2D eigenvalue weighted by Crippen LogP contribution is -2.62. The SMILES string of the molecule is CCCCCCCCCCCC(=O)O[C@@H]1CC[C@@]2(C)[C@@H](C1)C[C@@H](OC(C)=O)[C@@H]1[C@@H]2CC(=O)[C@]2(C)[C@@H]([C@H](C)CCC(=O)OC)CC[C@@H]12. The maximum atomic E-state index is 14.3. The van der Waals surface area contributed by atoms with Gasteiger partial charge in [0.1, 0.15) is 18.0 Å². The lowest BCUT2D eigenvalue weighted by Gasteiger charge is -2.62. The maximum absolute atomic E-state index is 14.3. The molecule has 262 valence electrons. The second kappa shape index (κ2) is 16.5. The van der Waals surface area contributed by atoms with Crippen LogP contribution in [0, 0.1) is 46.3 Å². The Kier molecular flexibility index (Phi) is 13.2.